The van der Waals surface area contributed by atoms with E-state index in [1.54, 1.807) is 13.1 Å². The van der Waals surface area contributed by atoms with Crippen molar-refractivity contribution in [1.29, 1.82) is 0 Å². The molecule has 1 aromatic heterocycles. The predicted octanol–water partition coefficient (Wildman–Crippen LogP) is 4.10. The minimum Gasteiger partial charge on any atom is -0.325 e. The second-order valence-electron chi connectivity index (χ2n) is 5.54. The quantitative estimate of drug-likeness (QED) is 0.746. The van der Waals surface area contributed by atoms with Gasteiger partial charge in [0.25, 0.3) is 0 Å². The molecule has 0 atom stereocenters. The molecular weight excluding hydrogens is 276 g/mol. The second-order valence-corrected chi connectivity index (χ2v) is 5.54. The Hall–Kier alpha value is -2.23. The summed E-state index contributed by atoms with van der Waals surface area (Å²) >= 11 is 0. The highest BCUT2D eigenvalue weighted by Crippen LogP contribution is 2.21. The molecule has 4 heteroatoms. The largest absolute Gasteiger partial charge is 0.325 e. The fraction of sp³-hybridized carbons (Fsp3) is 0.389. The molecule has 116 valence electrons. The van der Waals surface area contributed by atoms with Crippen molar-refractivity contribution in [2.24, 2.45) is 0 Å². The molecule has 0 spiro atoms. The van der Waals surface area contributed by atoms with Crippen molar-refractivity contribution >= 4 is 28.3 Å². The zero-order valence-electron chi connectivity index (χ0n) is 13.0. The standard InChI is InChI=1S/C18H22N2O2/c1-14(21)8-4-2-3-5-12-18(22)20-17-11-6-10-16-15(17)9-7-13-19-16/h6-7,9-11,13H,2-5,8,12H2,1H3,(H,20,22). The third-order valence-electron chi connectivity index (χ3n) is 3.60. The summed E-state index contributed by atoms with van der Waals surface area (Å²) < 4.78 is 0. The summed E-state index contributed by atoms with van der Waals surface area (Å²) in [4.78, 5) is 27.1. The average Bonchev–Trinajstić information content (AvgIpc) is 2.51. The molecule has 0 radical (unpaired) electrons. The number of carbonyl (C=O) groups excluding carboxylic acids is 2. The van der Waals surface area contributed by atoms with Gasteiger partial charge in [-0.25, -0.2) is 0 Å². The Morgan fingerprint density at radius 3 is 2.55 bits per heavy atom. The maximum Gasteiger partial charge on any atom is 0.224 e. The zero-order valence-corrected chi connectivity index (χ0v) is 13.0. The molecule has 0 aliphatic rings. The van der Waals surface area contributed by atoms with Crippen LogP contribution in [0.5, 0.6) is 0 Å². The van der Waals surface area contributed by atoms with Crippen LogP contribution in [0.15, 0.2) is 36.5 Å². The Morgan fingerprint density at radius 2 is 1.77 bits per heavy atom. The van der Waals surface area contributed by atoms with Crippen molar-refractivity contribution in [1.82, 2.24) is 4.98 Å². The summed E-state index contributed by atoms with van der Waals surface area (Å²) in [5.74, 6) is 0.269. The molecule has 4 nitrogen and oxygen atoms in total. The van der Waals surface area contributed by atoms with Gasteiger partial charge in [-0.2, -0.15) is 0 Å². The van der Waals surface area contributed by atoms with E-state index in [4.69, 9.17) is 0 Å². The lowest BCUT2D eigenvalue weighted by molar-refractivity contribution is -0.117. The van der Waals surface area contributed by atoms with E-state index in [0.29, 0.717) is 12.8 Å². The SMILES string of the molecule is CC(=O)CCCCCCC(=O)Nc1cccc2ncccc12. The van der Waals surface area contributed by atoms with Crippen LogP contribution in [-0.4, -0.2) is 16.7 Å². The highest BCUT2D eigenvalue weighted by atomic mass is 16.1. The monoisotopic (exact) mass is 298 g/mol. The van der Waals surface area contributed by atoms with Crippen LogP contribution in [0.2, 0.25) is 0 Å². The number of pyridine rings is 1. The topological polar surface area (TPSA) is 59.1 Å². The molecule has 0 saturated heterocycles. The van der Waals surface area contributed by atoms with Gasteiger partial charge in [0, 0.05) is 24.4 Å². The van der Waals surface area contributed by atoms with Crippen molar-refractivity contribution in [3.63, 3.8) is 0 Å². The van der Waals surface area contributed by atoms with Crippen LogP contribution in [0, 0.1) is 0 Å². The molecule has 22 heavy (non-hydrogen) atoms. The molecule has 2 aromatic rings. The Labute approximate surface area is 130 Å². The lowest BCUT2D eigenvalue weighted by Gasteiger charge is -2.08. The first-order valence-electron chi connectivity index (χ1n) is 7.80. The van der Waals surface area contributed by atoms with Crippen LogP contribution >= 0.6 is 0 Å². The third kappa shape index (κ3) is 4.95. The van der Waals surface area contributed by atoms with Crippen molar-refractivity contribution in [2.75, 3.05) is 5.32 Å². The number of amides is 1. The summed E-state index contributed by atoms with van der Waals surface area (Å²) in [6.45, 7) is 1.62. The van der Waals surface area contributed by atoms with E-state index in [1.165, 1.54) is 0 Å². The van der Waals surface area contributed by atoms with Gasteiger partial charge in [-0.3, -0.25) is 9.78 Å². The van der Waals surface area contributed by atoms with E-state index in [-0.39, 0.29) is 11.7 Å². The summed E-state index contributed by atoms with van der Waals surface area (Å²) in [5.41, 5.74) is 1.69. The third-order valence-corrected chi connectivity index (χ3v) is 3.60. The van der Waals surface area contributed by atoms with Crippen LogP contribution < -0.4 is 5.32 Å². The van der Waals surface area contributed by atoms with Gasteiger partial charge in [-0.1, -0.05) is 18.9 Å². The van der Waals surface area contributed by atoms with E-state index < -0.39 is 0 Å². The summed E-state index contributed by atoms with van der Waals surface area (Å²) in [7, 11) is 0. The van der Waals surface area contributed by atoms with Gasteiger partial charge in [0.2, 0.25) is 5.91 Å². The van der Waals surface area contributed by atoms with Crippen LogP contribution in [0.25, 0.3) is 10.9 Å². The number of aromatic nitrogens is 1. The number of hydrogen-bond acceptors (Lipinski definition) is 3. The highest BCUT2D eigenvalue weighted by molar-refractivity contribution is 6.00. The number of fused-ring (bicyclic) bond motifs is 1. The van der Waals surface area contributed by atoms with Gasteiger partial charge < -0.3 is 10.1 Å². The summed E-state index contributed by atoms with van der Waals surface area (Å²) in [5, 5.41) is 3.92. The number of anilines is 1. The number of nitrogens with one attached hydrogen (secondary N) is 1. The van der Waals surface area contributed by atoms with E-state index in [2.05, 4.69) is 10.3 Å². The van der Waals surface area contributed by atoms with E-state index in [0.717, 1.165) is 42.3 Å². The molecule has 1 aromatic carbocycles. The lowest BCUT2D eigenvalue weighted by atomic mass is 10.1. The minimum absolute atomic E-state index is 0.0305. The average molecular weight is 298 g/mol. The maximum absolute atomic E-state index is 12.0. The predicted molar refractivity (Wildman–Crippen MR) is 88.8 cm³/mol. The number of nitrogens with zero attached hydrogens (tertiary/aromatic N) is 1. The zero-order chi connectivity index (χ0) is 15.8. The van der Waals surface area contributed by atoms with Crippen LogP contribution in [0.1, 0.15) is 45.4 Å². The maximum atomic E-state index is 12.0. The Balaban J connectivity index is 1.78. The Morgan fingerprint density at radius 1 is 1.00 bits per heavy atom. The minimum atomic E-state index is 0.0305. The van der Waals surface area contributed by atoms with Gasteiger partial charge >= 0.3 is 0 Å². The van der Waals surface area contributed by atoms with Crippen LogP contribution in [0.4, 0.5) is 5.69 Å². The Kier molecular flexibility index (Phi) is 6.07. The van der Waals surface area contributed by atoms with E-state index in [1.807, 2.05) is 30.3 Å². The first kappa shape index (κ1) is 16.1. The molecule has 0 aliphatic carbocycles. The highest BCUT2D eigenvalue weighted by Gasteiger charge is 2.06. The molecule has 2 rings (SSSR count). The van der Waals surface area contributed by atoms with Crippen molar-refractivity contribution in [3.05, 3.63) is 36.5 Å². The lowest BCUT2D eigenvalue weighted by Crippen LogP contribution is -2.11. The molecular formula is C18H22N2O2. The van der Waals surface area contributed by atoms with Gasteiger partial charge in [-0.05, 0) is 44.0 Å². The molecule has 0 fully saturated rings. The number of ketones is 1. The van der Waals surface area contributed by atoms with Crippen LogP contribution in [-0.2, 0) is 9.59 Å². The smallest absolute Gasteiger partial charge is 0.224 e. The first-order valence-corrected chi connectivity index (χ1v) is 7.80. The van der Waals surface area contributed by atoms with Crippen molar-refractivity contribution < 1.29 is 9.59 Å². The number of benzene rings is 1. The summed E-state index contributed by atoms with van der Waals surface area (Å²) in [6.07, 6.45) is 6.67. The number of carbonyl (C=O) groups is 2. The normalized spacial score (nSPS) is 10.6. The van der Waals surface area contributed by atoms with Gasteiger partial charge in [0.15, 0.2) is 0 Å². The Bertz CT molecular complexity index is 647. The number of Topliss-reactive ketones (excluding diaryl/α,β-unsaturated/α-hetero) is 1. The molecule has 0 unspecified atom stereocenters. The fourth-order valence-electron chi connectivity index (χ4n) is 2.44. The fourth-order valence-corrected chi connectivity index (χ4v) is 2.44. The van der Waals surface area contributed by atoms with Crippen molar-refractivity contribution in [2.45, 2.75) is 45.4 Å². The van der Waals surface area contributed by atoms with E-state index >= 15 is 0 Å². The molecule has 1 N–H and O–H groups in total. The van der Waals surface area contributed by atoms with Gasteiger partial charge in [0.05, 0.1) is 11.2 Å². The molecule has 1 heterocycles. The number of unbranched alkanes of at least 4 members (excludes halogenated alkanes) is 3. The number of rotatable bonds is 8. The molecule has 0 aliphatic heterocycles. The van der Waals surface area contributed by atoms with Crippen molar-refractivity contribution in [3.8, 4) is 0 Å². The van der Waals surface area contributed by atoms with Gasteiger partial charge in [-0.15, -0.1) is 0 Å². The van der Waals surface area contributed by atoms with E-state index in [9.17, 15) is 9.59 Å². The molecule has 1 amide bonds. The second kappa shape index (κ2) is 8.27. The summed E-state index contributed by atoms with van der Waals surface area (Å²) in [6, 6.07) is 9.55. The first-order chi connectivity index (χ1) is 10.7. The number of hydrogen-bond donors (Lipinski definition) is 1. The molecule has 0 bridgehead atoms. The van der Waals surface area contributed by atoms with Crippen LogP contribution in [0.3, 0.4) is 0 Å². The molecule has 0 saturated carbocycles. The van der Waals surface area contributed by atoms with Gasteiger partial charge in [0.1, 0.15) is 5.78 Å².